The molecule has 124 valence electrons. The maximum Gasteiger partial charge on any atom is 0.250 e. The van der Waals surface area contributed by atoms with E-state index in [4.69, 9.17) is 21.1 Å². The second-order valence-electron chi connectivity index (χ2n) is 4.91. The Morgan fingerprint density at radius 2 is 2.00 bits per heavy atom. The number of ether oxygens (including phenoxy) is 2. The molecule has 7 heteroatoms. The van der Waals surface area contributed by atoms with Crippen LogP contribution in [0.5, 0.6) is 11.5 Å². The SMILES string of the molecule is O=C(CSc1ccc(Cl)cc1)N/N=C/c1cccc2c1OCCO2. The van der Waals surface area contributed by atoms with E-state index in [0.29, 0.717) is 29.7 Å². The zero-order valence-corrected chi connectivity index (χ0v) is 14.3. The van der Waals surface area contributed by atoms with Crippen molar-refractivity contribution in [2.24, 2.45) is 5.10 Å². The maximum absolute atomic E-state index is 11.8. The van der Waals surface area contributed by atoms with Crippen LogP contribution >= 0.6 is 23.4 Å². The number of carbonyl (C=O) groups is 1. The van der Waals surface area contributed by atoms with Crippen molar-refractivity contribution < 1.29 is 14.3 Å². The fraction of sp³-hybridized carbons (Fsp3) is 0.176. The average molecular weight is 363 g/mol. The molecule has 0 saturated heterocycles. The Hall–Kier alpha value is -2.18. The largest absolute Gasteiger partial charge is 0.486 e. The van der Waals surface area contributed by atoms with E-state index >= 15 is 0 Å². The summed E-state index contributed by atoms with van der Waals surface area (Å²) < 4.78 is 11.1. The summed E-state index contributed by atoms with van der Waals surface area (Å²) in [5, 5.41) is 4.65. The van der Waals surface area contributed by atoms with Crippen molar-refractivity contribution in [1.29, 1.82) is 0 Å². The van der Waals surface area contributed by atoms with Crippen LogP contribution in [0.4, 0.5) is 0 Å². The number of nitrogens with zero attached hydrogens (tertiary/aromatic N) is 1. The lowest BCUT2D eigenvalue weighted by Crippen LogP contribution is -2.20. The topological polar surface area (TPSA) is 59.9 Å². The normalized spacial score (nSPS) is 13.0. The van der Waals surface area contributed by atoms with E-state index in [1.807, 2.05) is 30.3 Å². The Kier molecular flexibility index (Phi) is 5.61. The fourth-order valence-electron chi connectivity index (χ4n) is 2.08. The summed E-state index contributed by atoms with van der Waals surface area (Å²) in [5.41, 5.74) is 3.27. The van der Waals surface area contributed by atoms with Crippen LogP contribution in [0.1, 0.15) is 5.56 Å². The predicted molar refractivity (Wildman–Crippen MR) is 95.3 cm³/mol. The van der Waals surface area contributed by atoms with Crippen LogP contribution in [0.2, 0.25) is 5.02 Å². The minimum atomic E-state index is -0.187. The molecule has 0 aromatic heterocycles. The van der Waals surface area contributed by atoms with E-state index in [1.165, 1.54) is 11.8 Å². The third-order valence-corrected chi connectivity index (χ3v) is 4.44. The summed E-state index contributed by atoms with van der Waals surface area (Å²) >= 11 is 7.24. The van der Waals surface area contributed by atoms with Crippen molar-refractivity contribution in [3.63, 3.8) is 0 Å². The third kappa shape index (κ3) is 4.43. The number of halogens is 1. The molecule has 1 amide bonds. The molecular weight excluding hydrogens is 348 g/mol. The Labute approximate surface area is 149 Å². The lowest BCUT2D eigenvalue weighted by atomic mass is 10.2. The molecule has 0 spiro atoms. The molecule has 0 radical (unpaired) electrons. The first-order chi connectivity index (χ1) is 11.7. The van der Waals surface area contributed by atoms with Crippen molar-refractivity contribution in [2.45, 2.75) is 4.90 Å². The molecular formula is C17H15ClN2O3S. The number of benzene rings is 2. The van der Waals surface area contributed by atoms with Crippen LogP contribution in [-0.4, -0.2) is 31.1 Å². The first-order valence-electron chi connectivity index (χ1n) is 7.31. The number of rotatable bonds is 5. The molecule has 0 aliphatic carbocycles. The number of carbonyl (C=O) groups excluding carboxylic acids is 1. The van der Waals surface area contributed by atoms with Gasteiger partial charge in [0.25, 0.3) is 0 Å². The molecule has 0 saturated carbocycles. The van der Waals surface area contributed by atoms with E-state index in [1.54, 1.807) is 18.3 Å². The quantitative estimate of drug-likeness (QED) is 0.503. The molecule has 24 heavy (non-hydrogen) atoms. The van der Waals surface area contributed by atoms with Gasteiger partial charge in [0.1, 0.15) is 13.2 Å². The summed E-state index contributed by atoms with van der Waals surface area (Å²) in [6, 6.07) is 12.9. The molecule has 0 fully saturated rings. The maximum atomic E-state index is 11.8. The van der Waals surface area contributed by atoms with Gasteiger partial charge >= 0.3 is 0 Å². The van der Waals surface area contributed by atoms with Crippen molar-refractivity contribution >= 4 is 35.5 Å². The number of nitrogens with one attached hydrogen (secondary N) is 1. The van der Waals surface area contributed by atoms with Crippen LogP contribution in [-0.2, 0) is 4.79 Å². The van der Waals surface area contributed by atoms with E-state index in [9.17, 15) is 4.79 Å². The Balaban J connectivity index is 1.52. The molecule has 2 aromatic rings. The Bertz CT molecular complexity index is 750. The lowest BCUT2D eigenvalue weighted by molar-refractivity contribution is -0.118. The molecule has 1 N–H and O–H groups in total. The minimum Gasteiger partial charge on any atom is -0.486 e. The number of amides is 1. The standard InChI is InChI=1S/C17H15ClN2O3S/c18-13-4-6-14(7-5-13)24-11-16(21)20-19-10-12-2-1-3-15-17(12)23-9-8-22-15/h1-7,10H,8-9,11H2,(H,20,21)/b19-10+. The molecule has 0 atom stereocenters. The Morgan fingerprint density at radius 1 is 1.21 bits per heavy atom. The predicted octanol–water partition coefficient (Wildman–Crippen LogP) is 3.35. The van der Waals surface area contributed by atoms with E-state index in [0.717, 1.165) is 10.5 Å². The van der Waals surface area contributed by atoms with Crippen LogP contribution in [0.25, 0.3) is 0 Å². The monoisotopic (exact) mass is 362 g/mol. The van der Waals surface area contributed by atoms with Gasteiger partial charge in [0, 0.05) is 15.5 Å². The molecule has 0 unspecified atom stereocenters. The summed E-state index contributed by atoms with van der Waals surface area (Å²) in [4.78, 5) is 12.8. The molecule has 5 nitrogen and oxygen atoms in total. The first-order valence-corrected chi connectivity index (χ1v) is 8.67. The number of hydrogen-bond donors (Lipinski definition) is 1. The minimum absolute atomic E-state index is 0.187. The van der Waals surface area contributed by atoms with Crippen LogP contribution in [0.15, 0.2) is 52.5 Å². The first kappa shape index (κ1) is 16.7. The van der Waals surface area contributed by atoms with Crippen LogP contribution in [0, 0.1) is 0 Å². The second kappa shape index (κ2) is 8.08. The zero-order chi connectivity index (χ0) is 16.8. The number of hydrazone groups is 1. The fourth-order valence-corrected chi connectivity index (χ4v) is 2.90. The summed E-state index contributed by atoms with van der Waals surface area (Å²) in [7, 11) is 0. The average Bonchev–Trinajstić information content (AvgIpc) is 2.61. The van der Waals surface area contributed by atoms with Gasteiger partial charge in [-0.3, -0.25) is 4.79 Å². The number of thioether (sulfide) groups is 1. The summed E-state index contributed by atoms with van der Waals surface area (Å²) in [6.07, 6.45) is 1.55. The zero-order valence-electron chi connectivity index (χ0n) is 12.7. The highest BCUT2D eigenvalue weighted by atomic mass is 35.5. The van der Waals surface area contributed by atoms with E-state index < -0.39 is 0 Å². The number of para-hydroxylation sites is 1. The lowest BCUT2D eigenvalue weighted by Gasteiger charge is -2.19. The molecule has 1 heterocycles. The molecule has 1 aliphatic rings. The van der Waals surface area contributed by atoms with Gasteiger partial charge < -0.3 is 9.47 Å². The highest BCUT2D eigenvalue weighted by molar-refractivity contribution is 8.00. The summed E-state index contributed by atoms with van der Waals surface area (Å²) in [6.45, 7) is 1.04. The van der Waals surface area contributed by atoms with Crippen molar-refractivity contribution in [3.05, 3.63) is 53.1 Å². The van der Waals surface area contributed by atoms with Crippen molar-refractivity contribution in [3.8, 4) is 11.5 Å². The van der Waals surface area contributed by atoms with Crippen LogP contribution in [0.3, 0.4) is 0 Å². The van der Waals surface area contributed by atoms with Gasteiger partial charge in [-0.2, -0.15) is 5.10 Å². The van der Waals surface area contributed by atoms with E-state index in [-0.39, 0.29) is 11.7 Å². The molecule has 3 rings (SSSR count). The van der Waals surface area contributed by atoms with Crippen molar-refractivity contribution in [1.82, 2.24) is 5.43 Å². The van der Waals surface area contributed by atoms with Crippen molar-refractivity contribution in [2.75, 3.05) is 19.0 Å². The van der Waals surface area contributed by atoms with Gasteiger partial charge in [0.05, 0.1) is 12.0 Å². The van der Waals surface area contributed by atoms with Gasteiger partial charge in [-0.05, 0) is 36.4 Å². The number of fused-ring (bicyclic) bond motifs is 1. The van der Waals surface area contributed by atoms with Gasteiger partial charge in [-0.25, -0.2) is 5.43 Å². The smallest absolute Gasteiger partial charge is 0.250 e. The van der Waals surface area contributed by atoms with Gasteiger partial charge in [0.2, 0.25) is 5.91 Å². The van der Waals surface area contributed by atoms with Gasteiger partial charge in [-0.15, -0.1) is 11.8 Å². The number of hydrogen-bond acceptors (Lipinski definition) is 5. The summed E-state index contributed by atoms with van der Waals surface area (Å²) in [5.74, 6) is 1.42. The molecule has 1 aliphatic heterocycles. The molecule has 0 bridgehead atoms. The van der Waals surface area contributed by atoms with Gasteiger partial charge in [-0.1, -0.05) is 17.7 Å². The Morgan fingerprint density at radius 3 is 2.83 bits per heavy atom. The molecule has 2 aromatic carbocycles. The van der Waals surface area contributed by atoms with Crippen LogP contribution < -0.4 is 14.9 Å². The highest BCUT2D eigenvalue weighted by Crippen LogP contribution is 2.32. The van der Waals surface area contributed by atoms with Gasteiger partial charge in [0.15, 0.2) is 11.5 Å². The third-order valence-electron chi connectivity index (χ3n) is 3.17. The van der Waals surface area contributed by atoms with E-state index in [2.05, 4.69) is 10.5 Å². The second-order valence-corrected chi connectivity index (χ2v) is 6.39. The highest BCUT2D eigenvalue weighted by Gasteiger charge is 2.14.